The molecule has 108 valence electrons. The van der Waals surface area contributed by atoms with Crippen LogP contribution in [-0.2, 0) is 6.18 Å². The Morgan fingerprint density at radius 2 is 1.95 bits per heavy atom. The second kappa shape index (κ2) is 5.66. The van der Waals surface area contributed by atoms with Gasteiger partial charge in [-0.15, -0.1) is 0 Å². The lowest BCUT2D eigenvalue weighted by molar-refractivity contribution is -0.137. The molecule has 8 heteroatoms. The van der Waals surface area contributed by atoms with Crippen LogP contribution in [0.5, 0.6) is 0 Å². The topological polar surface area (TPSA) is 49.6 Å². The van der Waals surface area contributed by atoms with Crippen molar-refractivity contribution in [3.8, 4) is 6.07 Å². The lowest BCUT2D eigenvalue weighted by Gasteiger charge is -2.13. The van der Waals surface area contributed by atoms with Crippen molar-refractivity contribution in [1.82, 2.24) is 9.97 Å². The van der Waals surface area contributed by atoms with Gasteiger partial charge < -0.3 is 0 Å². The van der Waals surface area contributed by atoms with E-state index in [4.69, 9.17) is 16.9 Å². The summed E-state index contributed by atoms with van der Waals surface area (Å²) in [6, 6.07) is 5.06. The number of halogens is 5. The van der Waals surface area contributed by atoms with Gasteiger partial charge in [0.15, 0.2) is 0 Å². The third-order valence-electron chi connectivity index (χ3n) is 2.65. The van der Waals surface area contributed by atoms with E-state index >= 15 is 0 Å². The molecule has 0 saturated carbocycles. The van der Waals surface area contributed by atoms with Crippen LogP contribution in [0, 0.1) is 17.1 Å². The summed E-state index contributed by atoms with van der Waals surface area (Å²) in [6.45, 7) is 0. The zero-order valence-corrected chi connectivity index (χ0v) is 11.0. The van der Waals surface area contributed by atoms with E-state index in [-0.39, 0.29) is 16.5 Å². The molecule has 1 atom stereocenters. The fourth-order valence-electron chi connectivity index (χ4n) is 1.76. The molecule has 0 aliphatic carbocycles. The molecule has 2 aromatic rings. The van der Waals surface area contributed by atoms with Gasteiger partial charge in [0.1, 0.15) is 11.7 Å². The average Bonchev–Trinajstić information content (AvgIpc) is 2.38. The van der Waals surface area contributed by atoms with Crippen molar-refractivity contribution in [2.24, 2.45) is 0 Å². The summed E-state index contributed by atoms with van der Waals surface area (Å²) in [6.07, 6.45) is -3.45. The molecule has 0 saturated heterocycles. The molecule has 0 N–H and O–H groups in total. The first-order chi connectivity index (χ1) is 9.81. The zero-order valence-electron chi connectivity index (χ0n) is 10.2. The van der Waals surface area contributed by atoms with E-state index in [1.54, 1.807) is 6.07 Å². The van der Waals surface area contributed by atoms with E-state index in [0.717, 1.165) is 6.07 Å². The lowest BCUT2D eigenvalue weighted by Crippen LogP contribution is -2.09. The normalized spacial score (nSPS) is 12.8. The van der Waals surface area contributed by atoms with Crippen molar-refractivity contribution in [2.45, 2.75) is 12.1 Å². The van der Waals surface area contributed by atoms with E-state index in [1.807, 2.05) is 0 Å². The highest BCUT2D eigenvalue weighted by atomic mass is 35.5. The molecular weight excluding hydrogens is 310 g/mol. The third kappa shape index (κ3) is 3.47. The Kier molecular flexibility index (Phi) is 4.09. The predicted octanol–water partition coefficient (Wildman–Crippen LogP) is 3.94. The number of alkyl halides is 3. The van der Waals surface area contributed by atoms with Crippen molar-refractivity contribution >= 4 is 11.6 Å². The summed E-state index contributed by atoms with van der Waals surface area (Å²) in [7, 11) is 0. The second-order valence-corrected chi connectivity index (χ2v) is 4.42. The molecule has 0 fully saturated rings. The molecule has 1 aromatic heterocycles. The molecule has 0 amide bonds. The van der Waals surface area contributed by atoms with Gasteiger partial charge in [-0.25, -0.2) is 14.4 Å². The minimum atomic E-state index is -4.71. The van der Waals surface area contributed by atoms with Gasteiger partial charge in [-0.05, 0) is 41.4 Å². The molecule has 2 rings (SSSR count). The monoisotopic (exact) mass is 315 g/mol. The van der Waals surface area contributed by atoms with Crippen molar-refractivity contribution in [2.75, 3.05) is 0 Å². The number of rotatable bonds is 2. The Morgan fingerprint density at radius 3 is 2.52 bits per heavy atom. The van der Waals surface area contributed by atoms with Crippen molar-refractivity contribution in [1.29, 1.82) is 5.26 Å². The lowest BCUT2D eigenvalue weighted by atomic mass is 9.95. The maximum Gasteiger partial charge on any atom is 0.416 e. The van der Waals surface area contributed by atoms with Crippen LogP contribution < -0.4 is 0 Å². The molecule has 1 unspecified atom stereocenters. The maximum atomic E-state index is 13.4. The number of aromatic nitrogens is 2. The van der Waals surface area contributed by atoms with Crippen LogP contribution in [0.1, 0.15) is 22.7 Å². The zero-order chi connectivity index (χ0) is 15.6. The Labute approximate surface area is 121 Å². The van der Waals surface area contributed by atoms with Crippen LogP contribution in [0.15, 0.2) is 30.5 Å². The van der Waals surface area contributed by atoms with Gasteiger partial charge in [-0.2, -0.15) is 18.4 Å². The van der Waals surface area contributed by atoms with E-state index in [9.17, 15) is 17.6 Å². The molecule has 0 aliphatic rings. The van der Waals surface area contributed by atoms with Crippen LogP contribution in [0.3, 0.4) is 0 Å². The number of hydrogen-bond donors (Lipinski definition) is 0. The van der Waals surface area contributed by atoms with Crippen molar-refractivity contribution in [3.05, 3.63) is 58.4 Å². The summed E-state index contributed by atoms with van der Waals surface area (Å²) in [4.78, 5) is 7.39. The molecule has 3 nitrogen and oxygen atoms in total. The fourth-order valence-corrected chi connectivity index (χ4v) is 1.92. The number of benzene rings is 1. The SMILES string of the molecule is N#CC(c1cc(F)cc(C(F)(F)F)c1)c1ccnc(Cl)n1. The van der Waals surface area contributed by atoms with Gasteiger partial charge in [0, 0.05) is 6.20 Å². The van der Waals surface area contributed by atoms with Gasteiger partial charge in [0.2, 0.25) is 5.28 Å². The van der Waals surface area contributed by atoms with Crippen LogP contribution in [-0.4, -0.2) is 9.97 Å². The summed E-state index contributed by atoms with van der Waals surface area (Å²) in [5.74, 6) is -2.26. The first-order valence-electron chi connectivity index (χ1n) is 5.57. The Hall–Kier alpha value is -2.20. The highest BCUT2D eigenvalue weighted by Gasteiger charge is 2.32. The molecule has 0 radical (unpaired) electrons. The molecular formula is C13H6ClF4N3. The molecule has 0 spiro atoms. The molecule has 0 bridgehead atoms. The van der Waals surface area contributed by atoms with E-state index in [0.29, 0.717) is 12.1 Å². The smallest absolute Gasteiger partial charge is 0.227 e. The van der Waals surface area contributed by atoms with Gasteiger partial charge in [-0.3, -0.25) is 0 Å². The van der Waals surface area contributed by atoms with Gasteiger partial charge in [-0.1, -0.05) is 0 Å². The van der Waals surface area contributed by atoms with Crippen molar-refractivity contribution in [3.63, 3.8) is 0 Å². The maximum absolute atomic E-state index is 13.4. The second-order valence-electron chi connectivity index (χ2n) is 4.08. The van der Waals surface area contributed by atoms with E-state index in [2.05, 4.69) is 9.97 Å². The van der Waals surface area contributed by atoms with E-state index in [1.165, 1.54) is 12.3 Å². The summed E-state index contributed by atoms with van der Waals surface area (Å²) in [5.41, 5.74) is -1.23. The average molecular weight is 316 g/mol. The molecule has 1 heterocycles. The first-order valence-corrected chi connectivity index (χ1v) is 5.95. The molecule has 1 aromatic carbocycles. The summed E-state index contributed by atoms with van der Waals surface area (Å²) >= 11 is 5.58. The minimum Gasteiger partial charge on any atom is -0.227 e. The summed E-state index contributed by atoms with van der Waals surface area (Å²) < 4.78 is 51.4. The predicted molar refractivity (Wildman–Crippen MR) is 65.9 cm³/mol. The largest absolute Gasteiger partial charge is 0.416 e. The molecule has 0 aliphatic heterocycles. The standard InChI is InChI=1S/C13H6ClF4N3/c14-12-20-2-1-11(21-12)10(6-19)7-3-8(13(16,17)18)5-9(15)4-7/h1-5,10H. The highest BCUT2D eigenvalue weighted by Crippen LogP contribution is 2.33. The van der Waals surface area contributed by atoms with Gasteiger partial charge in [0.25, 0.3) is 0 Å². The number of nitrogens with zero attached hydrogens (tertiary/aromatic N) is 3. The van der Waals surface area contributed by atoms with E-state index < -0.39 is 23.5 Å². The Bertz CT molecular complexity index is 709. The third-order valence-corrected chi connectivity index (χ3v) is 2.84. The van der Waals surface area contributed by atoms with Crippen LogP contribution >= 0.6 is 11.6 Å². The van der Waals surface area contributed by atoms with Crippen molar-refractivity contribution < 1.29 is 17.6 Å². The van der Waals surface area contributed by atoms with Gasteiger partial charge >= 0.3 is 6.18 Å². The van der Waals surface area contributed by atoms with Crippen LogP contribution in [0.4, 0.5) is 17.6 Å². The Balaban J connectivity index is 2.54. The number of nitriles is 1. The van der Waals surface area contributed by atoms with Gasteiger partial charge in [0.05, 0.1) is 17.3 Å². The highest BCUT2D eigenvalue weighted by molar-refractivity contribution is 6.28. The number of hydrogen-bond acceptors (Lipinski definition) is 3. The Morgan fingerprint density at radius 1 is 1.24 bits per heavy atom. The first kappa shape index (κ1) is 15.2. The minimum absolute atomic E-state index is 0.0937. The summed E-state index contributed by atoms with van der Waals surface area (Å²) in [5, 5.41) is 9.00. The van der Waals surface area contributed by atoms with Crippen LogP contribution in [0.25, 0.3) is 0 Å². The quantitative estimate of drug-likeness (QED) is 0.623. The fraction of sp³-hybridized carbons (Fsp3) is 0.154. The molecule has 21 heavy (non-hydrogen) atoms. The van der Waals surface area contributed by atoms with Crippen LogP contribution in [0.2, 0.25) is 5.28 Å².